The first kappa shape index (κ1) is 19.6. The van der Waals surface area contributed by atoms with E-state index in [9.17, 15) is 9.59 Å². The number of thioether (sulfide) groups is 1. The van der Waals surface area contributed by atoms with Gasteiger partial charge in [0.1, 0.15) is 13.2 Å². The number of nitrogens with two attached hydrogens (primary N) is 1. The predicted octanol–water partition coefficient (Wildman–Crippen LogP) is 2.10. The summed E-state index contributed by atoms with van der Waals surface area (Å²) in [5.41, 5.74) is 6.64. The van der Waals surface area contributed by atoms with Gasteiger partial charge in [-0.25, -0.2) is 0 Å². The summed E-state index contributed by atoms with van der Waals surface area (Å²) in [5.74, 6) is 1.36. The molecule has 0 saturated carbocycles. The molecule has 0 radical (unpaired) electrons. The van der Waals surface area contributed by atoms with Gasteiger partial charge in [-0.2, -0.15) is 11.8 Å². The SMILES string of the molecule is CSCC[C@H](N)C(=O)Nc1cc2c(cc1C(C)=O)OCCO2.Cl. The van der Waals surface area contributed by atoms with Crippen molar-refractivity contribution in [1.82, 2.24) is 0 Å². The highest BCUT2D eigenvalue weighted by Gasteiger charge is 2.21. The van der Waals surface area contributed by atoms with Crippen LogP contribution in [0.2, 0.25) is 0 Å². The molecule has 0 bridgehead atoms. The summed E-state index contributed by atoms with van der Waals surface area (Å²) in [6.45, 7) is 2.32. The van der Waals surface area contributed by atoms with Crippen LogP contribution in [-0.2, 0) is 4.79 Å². The second-order valence-corrected chi connectivity index (χ2v) is 5.96. The molecule has 8 heteroatoms. The van der Waals surface area contributed by atoms with Crippen molar-refractivity contribution in [2.24, 2.45) is 5.73 Å². The number of fused-ring (bicyclic) bond motifs is 1. The highest BCUT2D eigenvalue weighted by molar-refractivity contribution is 7.98. The normalized spacial score (nSPS) is 13.7. The number of carbonyl (C=O) groups is 2. The second kappa shape index (κ2) is 9.00. The van der Waals surface area contributed by atoms with E-state index in [0.29, 0.717) is 42.4 Å². The second-order valence-electron chi connectivity index (χ2n) is 4.97. The number of halogens is 1. The highest BCUT2D eigenvalue weighted by Crippen LogP contribution is 2.35. The Bertz CT molecular complexity index is 583. The molecule has 1 aliphatic heterocycles. The molecule has 1 aliphatic rings. The number of ketones is 1. The summed E-state index contributed by atoms with van der Waals surface area (Å²) in [4.78, 5) is 23.9. The lowest BCUT2D eigenvalue weighted by molar-refractivity contribution is -0.117. The smallest absolute Gasteiger partial charge is 0.241 e. The van der Waals surface area contributed by atoms with Gasteiger partial charge in [-0.3, -0.25) is 9.59 Å². The molecule has 1 aromatic rings. The third-order valence-electron chi connectivity index (χ3n) is 3.29. The number of nitrogens with one attached hydrogen (secondary N) is 1. The lowest BCUT2D eigenvalue weighted by Gasteiger charge is -2.21. The molecule has 0 unspecified atom stereocenters. The summed E-state index contributed by atoms with van der Waals surface area (Å²) in [7, 11) is 0. The van der Waals surface area contributed by atoms with E-state index in [0.717, 1.165) is 5.75 Å². The Kier molecular flexibility index (Phi) is 7.67. The molecule has 3 N–H and O–H groups in total. The Labute approximate surface area is 145 Å². The van der Waals surface area contributed by atoms with Crippen LogP contribution < -0.4 is 20.5 Å². The summed E-state index contributed by atoms with van der Waals surface area (Å²) in [6, 6.07) is 2.60. The van der Waals surface area contributed by atoms with E-state index >= 15 is 0 Å². The first-order valence-electron chi connectivity index (χ1n) is 7.03. The summed E-state index contributed by atoms with van der Waals surface area (Å²) >= 11 is 1.63. The Morgan fingerprint density at radius 2 is 1.91 bits per heavy atom. The number of amides is 1. The van der Waals surface area contributed by atoms with Crippen LogP contribution in [0.4, 0.5) is 5.69 Å². The van der Waals surface area contributed by atoms with Gasteiger partial charge >= 0.3 is 0 Å². The number of Topliss-reactive ketones (excluding diaryl/α,β-unsaturated/α-hetero) is 1. The molecule has 128 valence electrons. The van der Waals surface area contributed by atoms with E-state index in [2.05, 4.69) is 5.32 Å². The van der Waals surface area contributed by atoms with Crippen LogP contribution in [0.15, 0.2) is 12.1 Å². The average Bonchev–Trinajstić information content (AvgIpc) is 2.51. The van der Waals surface area contributed by atoms with E-state index in [-0.39, 0.29) is 24.1 Å². The van der Waals surface area contributed by atoms with E-state index < -0.39 is 6.04 Å². The Morgan fingerprint density at radius 1 is 1.30 bits per heavy atom. The zero-order chi connectivity index (χ0) is 16.1. The van der Waals surface area contributed by atoms with Gasteiger partial charge < -0.3 is 20.5 Å². The van der Waals surface area contributed by atoms with Crippen LogP contribution in [-0.4, -0.2) is 43.0 Å². The number of ether oxygens (including phenoxy) is 2. The topological polar surface area (TPSA) is 90.7 Å². The van der Waals surface area contributed by atoms with Crippen LogP contribution in [0, 0.1) is 0 Å². The predicted molar refractivity (Wildman–Crippen MR) is 94.3 cm³/mol. The molecular weight excluding hydrogens is 340 g/mol. The summed E-state index contributed by atoms with van der Waals surface area (Å²) in [6.07, 6.45) is 2.53. The fraction of sp³-hybridized carbons (Fsp3) is 0.467. The number of anilines is 1. The third kappa shape index (κ3) is 5.02. The van der Waals surface area contributed by atoms with Crippen molar-refractivity contribution in [2.45, 2.75) is 19.4 Å². The lowest BCUT2D eigenvalue weighted by Crippen LogP contribution is -2.36. The Morgan fingerprint density at radius 3 is 2.48 bits per heavy atom. The maximum atomic E-state index is 12.1. The Balaban J connectivity index is 0.00000264. The van der Waals surface area contributed by atoms with E-state index in [1.54, 1.807) is 23.9 Å². The maximum Gasteiger partial charge on any atom is 0.241 e. The van der Waals surface area contributed by atoms with Crippen molar-refractivity contribution in [3.05, 3.63) is 17.7 Å². The monoisotopic (exact) mass is 360 g/mol. The van der Waals surface area contributed by atoms with Crippen LogP contribution in [0.25, 0.3) is 0 Å². The van der Waals surface area contributed by atoms with Crippen molar-refractivity contribution in [3.63, 3.8) is 0 Å². The third-order valence-corrected chi connectivity index (χ3v) is 3.93. The number of rotatable bonds is 6. The minimum Gasteiger partial charge on any atom is -0.486 e. The van der Waals surface area contributed by atoms with Crippen molar-refractivity contribution in [2.75, 3.05) is 30.5 Å². The molecule has 1 aromatic carbocycles. The van der Waals surface area contributed by atoms with Crippen LogP contribution in [0.5, 0.6) is 11.5 Å². The van der Waals surface area contributed by atoms with Gasteiger partial charge in [0.2, 0.25) is 5.91 Å². The Hall–Kier alpha value is -1.44. The molecule has 1 amide bonds. The number of benzene rings is 1. The van der Waals surface area contributed by atoms with Gasteiger partial charge in [-0.15, -0.1) is 12.4 Å². The van der Waals surface area contributed by atoms with E-state index in [1.807, 2.05) is 6.26 Å². The maximum absolute atomic E-state index is 12.1. The van der Waals surface area contributed by atoms with Gasteiger partial charge in [-0.05, 0) is 31.4 Å². The molecule has 6 nitrogen and oxygen atoms in total. The molecule has 0 saturated heterocycles. The number of hydrogen-bond donors (Lipinski definition) is 2. The van der Waals surface area contributed by atoms with Gasteiger partial charge in [-0.1, -0.05) is 0 Å². The fourth-order valence-electron chi connectivity index (χ4n) is 2.08. The van der Waals surface area contributed by atoms with Crippen LogP contribution >= 0.6 is 24.2 Å². The first-order chi connectivity index (χ1) is 10.5. The van der Waals surface area contributed by atoms with Gasteiger partial charge in [0.05, 0.1) is 11.7 Å². The molecule has 1 heterocycles. The lowest BCUT2D eigenvalue weighted by atomic mass is 10.1. The standard InChI is InChI=1S/C15H20N2O4S.ClH/c1-9(18)10-7-13-14(21-5-4-20-13)8-12(10)17-15(19)11(16)3-6-22-2;/h7-8,11H,3-6,16H2,1-2H3,(H,17,19);1H/t11-;/m0./s1. The molecule has 0 aromatic heterocycles. The van der Waals surface area contributed by atoms with Crippen molar-refractivity contribution in [3.8, 4) is 11.5 Å². The minimum atomic E-state index is -0.611. The molecule has 0 fully saturated rings. The van der Waals surface area contributed by atoms with Crippen LogP contribution in [0.1, 0.15) is 23.7 Å². The van der Waals surface area contributed by atoms with Crippen molar-refractivity contribution < 1.29 is 19.1 Å². The average molecular weight is 361 g/mol. The van der Waals surface area contributed by atoms with E-state index in [1.165, 1.54) is 6.92 Å². The molecular formula is C15H21ClN2O4S. The molecule has 0 aliphatic carbocycles. The molecule has 2 rings (SSSR count). The minimum absolute atomic E-state index is 0. The van der Waals surface area contributed by atoms with Crippen molar-refractivity contribution >= 4 is 41.5 Å². The zero-order valence-electron chi connectivity index (χ0n) is 13.1. The number of hydrogen-bond acceptors (Lipinski definition) is 6. The highest BCUT2D eigenvalue weighted by atomic mass is 35.5. The quantitative estimate of drug-likeness (QED) is 0.755. The summed E-state index contributed by atoms with van der Waals surface area (Å²) in [5, 5.41) is 2.72. The van der Waals surface area contributed by atoms with Gasteiger partial charge in [0.25, 0.3) is 0 Å². The number of carbonyl (C=O) groups excluding carboxylic acids is 2. The van der Waals surface area contributed by atoms with Gasteiger partial charge in [0.15, 0.2) is 17.3 Å². The molecule has 0 spiro atoms. The summed E-state index contributed by atoms with van der Waals surface area (Å²) < 4.78 is 10.9. The molecule has 23 heavy (non-hydrogen) atoms. The largest absolute Gasteiger partial charge is 0.486 e. The van der Waals surface area contributed by atoms with Gasteiger partial charge in [0, 0.05) is 11.6 Å². The van der Waals surface area contributed by atoms with Crippen LogP contribution in [0.3, 0.4) is 0 Å². The first-order valence-corrected chi connectivity index (χ1v) is 8.42. The van der Waals surface area contributed by atoms with E-state index in [4.69, 9.17) is 15.2 Å². The molecule has 1 atom stereocenters. The fourth-order valence-corrected chi connectivity index (χ4v) is 2.57. The van der Waals surface area contributed by atoms with Crippen molar-refractivity contribution in [1.29, 1.82) is 0 Å². The zero-order valence-corrected chi connectivity index (χ0v) is 14.7.